The van der Waals surface area contributed by atoms with Gasteiger partial charge in [-0.1, -0.05) is 6.92 Å². The van der Waals surface area contributed by atoms with E-state index in [0.717, 1.165) is 6.54 Å². The number of carboxylic acid groups (broad SMARTS) is 2. The van der Waals surface area contributed by atoms with Crippen molar-refractivity contribution >= 4 is 12.2 Å². The monoisotopic (exact) mass is 190 g/mol. The topological polar surface area (TPSA) is 81.1 Å². The van der Waals surface area contributed by atoms with Crippen LogP contribution in [0, 0.1) is 0 Å². The minimum absolute atomic E-state index is 0.0188. The largest absolute Gasteiger partial charge is 0.465 e. The average Bonchev–Trinajstić information content (AvgIpc) is 2.03. The second-order valence-corrected chi connectivity index (χ2v) is 2.61. The van der Waals surface area contributed by atoms with E-state index >= 15 is 0 Å². The van der Waals surface area contributed by atoms with Crippen LogP contribution in [-0.2, 0) is 0 Å². The number of amides is 2. The Kier molecular flexibility index (Phi) is 4.83. The smallest absolute Gasteiger partial charge is 0.416 e. The maximum Gasteiger partial charge on any atom is 0.416 e. The lowest BCUT2D eigenvalue weighted by Crippen LogP contribution is -2.39. The molecule has 0 saturated carbocycles. The molecule has 6 nitrogen and oxygen atoms in total. The van der Waals surface area contributed by atoms with Crippen LogP contribution in [0.1, 0.15) is 6.92 Å². The molecule has 0 aromatic rings. The summed E-state index contributed by atoms with van der Waals surface area (Å²) in [6, 6.07) is 0. The summed E-state index contributed by atoms with van der Waals surface area (Å²) in [5, 5.41) is 16.9. The molecular weight excluding hydrogens is 176 g/mol. The fraction of sp³-hybridized carbons (Fsp3) is 0.714. The molecule has 0 bridgehead atoms. The van der Waals surface area contributed by atoms with Crippen molar-refractivity contribution in [2.75, 3.05) is 26.7 Å². The van der Waals surface area contributed by atoms with Gasteiger partial charge in [-0.2, -0.15) is 0 Å². The summed E-state index contributed by atoms with van der Waals surface area (Å²) in [5.41, 5.74) is 0. The molecule has 0 heterocycles. The molecule has 0 fully saturated rings. The van der Waals surface area contributed by atoms with Gasteiger partial charge in [0, 0.05) is 13.1 Å². The van der Waals surface area contributed by atoms with Crippen molar-refractivity contribution in [2.45, 2.75) is 6.92 Å². The van der Waals surface area contributed by atoms with E-state index in [-0.39, 0.29) is 6.54 Å². The second-order valence-electron chi connectivity index (χ2n) is 2.61. The highest BCUT2D eigenvalue weighted by molar-refractivity contribution is 5.85. The van der Waals surface area contributed by atoms with Crippen LogP contribution in [0.15, 0.2) is 0 Å². The number of rotatable bonds is 4. The summed E-state index contributed by atoms with van der Waals surface area (Å²) >= 11 is 0. The molecule has 2 amide bonds. The molecular formula is C7H14N2O4. The van der Waals surface area contributed by atoms with Crippen LogP contribution in [-0.4, -0.2) is 58.9 Å². The molecule has 0 unspecified atom stereocenters. The first-order valence-electron chi connectivity index (χ1n) is 3.91. The standard InChI is InChI=1S/C7H14N2O4/c1-3-8(2)4-5-9(6(10)11)7(12)13/h3-5H2,1-2H3,(H,10,11)(H,12,13). The quantitative estimate of drug-likeness (QED) is 0.678. The van der Waals surface area contributed by atoms with Crippen LogP contribution in [0.2, 0.25) is 0 Å². The van der Waals surface area contributed by atoms with Gasteiger partial charge in [0.1, 0.15) is 0 Å². The van der Waals surface area contributed by atoms with Gasteiger partial charge in [0.05, 0.1) is 0 Å². The van der Waals surface area contributed by atoms with Crippen molar-refractivity contribution in [1.82, 2.24) is 9.80 Å². The van der Waals surface area contributed by atoms with Crippen LogP contribution in [0.25, 0.3) is 0 Å². The molecule has 0 aliphatic heterocycles. The van der Waals surface area contributed by atoms with Crippen LogP contribution in [0.3, 0.4) is 0 Å². The van der Waals surface area contributed by atoms with Crippen molar-refractivity contribution in [3.05, 3.63) is 0 Å². The second kappa shape index (κ2) is 5.36. The third-order valence-electron chi connectivity index (χ3n) is 1.71. The Balaban J connectivity index is 3.98. The lowest BCUT2D eigenvalue weighted by atomic mass is 10.5. The Morgan fingerprint density at radius 2 is 1.62 bits per heavy atom. The molecule has 0 aromatic heterocycles. The molecule has 0 radical (unpaired) electrons. The fourth-order valence-electron chi connectivity index (χ4n) is 0.702. The number of hydrogen-bond donors (Lipinski definition) is 2. The molecule has 0 aliphatic rings. The van der Waals surface area contributed by atoms with Gasteiger partial charge in [-0.15, -0.1) is 0 Å². The first kappa shape index (κ1) is 11.7. The van der Waals surface area contributed by atoms with Gasteiger partial charge in [0.25, 0.3) is 0 Å². The van der Waals surface area contributed by atoms with Gasteiger partial charge in [-0.05, 0) is 13.6 Å². The summed E-state index contributed by atoms with van der Waals surface area (Å²) in [6.45, 7) is 3.06. The van der Waals surface area contributed by atoms with Crippen molar-refractivity contribution in [1.29, 1.82) is 0 Å². The molecule has 0 saturated heterocycles. The molecule has 0 spiro atoms. The molecule has 0 aliphatic carbocycles. The minimum Gasteiger partial charge on any atom is -0.465 e. The number of imide groups is 1. The number of hydrogen-bond acceptors (Lipinski definition) is 3. The Bertz CT molecular complexity index is 181. The summed E-state index contributed by atoms with van der Waals surface area (Å²) in [4.78, 5) is 22.9. The summed E-state index contributed by atoms with van der Waals surface area (Å²) in [6.07, 6.45) is -2.87. The molecule has 76 valence electrons. The highest BCUT2D eigenvalue weighted by atomic mass is 16.4. The summed E-state index contributed by atoms with van der Waals surface area (Å²) in [7, 11) is 1.79. The van der Waals surface area contributed by atoms with E-state index in [4.69, 9.17) is 10.2 Å². The van der Waals surface area contributed by atoms with Gasteiger partial charge in [0.15, 0.2) is 0 Å². The predicted molar refractivity (Wildman–Crippen MR) is 45.9 cm³/mol. The van der Waals surface area contributed by atoms with Crippen molar-refractivity contribution in [3.8, 4) is 0 Å². The zero-order valence-corrected chi connectivity index (χ0v) is 7.73. The molecule has 13 heavy (non-hydrogen) atoms. The SMILES string of the molecule is CCN(C)CCN(C(=O)O)C(=O)O. The predicted octanol–water partition coefficient (Wildman–Crippen LogP) is 0.596. The van der Waals surface area contributed by atoms with Crippen molar-refractivity contribution < 1.29 is 19.8 Å². The van der Waals surface area contributed by atoms with Crippen LogP contribution >= 0.6 is 0 Å². The summed E-state index contributed by atoms with van der Waals surface area (Å²) < 4.78 is 0. The third-order valence-corrected chi connectivity index (χ3v) is 1.71. The van der Waals surface area contributed by atoms with Crippen LogP contribution in [0.4, 0.5) is 9.59 Å². The zero-order chi connectivity index (χ0) is 10.4. The van der Waals surface area contributed by atoms with Crippen molar-refractivity contribution in [2.24, 2.45) is 0 Å². The number of likely N-dealkylation sites (N-methyl/N-ethyl adjacent to an activating group) is 1. The van der Waals surface area contributed by atoms with Crippen molar-refractivity contribution in [3.63, 3.8) is 0 Å². The Morgan fingerprint density at radius 1 is 1.15 bits per heavy atom. The minimum atomic E-state index is -1.43. The van der Waals surface area contributed by atoms with Gasteiger partial charge >= 0.3 is 12.2 Å². The van der Waals surface area contributed by atoms with E-state index in [1.807, 2.05) is 11.8 Å². The molecule has 0 rings (SSSR count). The molecule has 0 aromatic carbocycles. The highest BCUT2D eigenvalue weighted by Gasteiger charge is 2.18. The van der Waals surface area contributed by atoms with E-state index in [1.54, 1.807) is 7.05 Å². The number of carbonyl (C=O) groups is 2. The zero-order valence-electron chi connectivity index (χ0n) is 7.73. The van der Waals surface area contributed by atoms with E-state index in [0.29, 0.717) is 11.4 Å². The fourth-order valence-corrected chi connectivity index (χ4v) is 0.702. The highest BCUT2D eigenvalue weighted by Crippen LogP contribution is 1.92. The van der Waals surface area contributed by atoms with E-state index in [9.17, 15) is 9.59 Å². The lowest BCUT2D eigenvalue weighted by Gasteiger charge is -2.18. The van der Waals surface area contributed by atoms with Crippen LogP contribution < -0.4 is 0 Å². The third kappa shape index (κ3) is 4.32. The summed E-state index contributed by atoms with van der Waals surface area (Å²) in [5.74, 6) is 0. The lowest BCUT2D eigenvalue weighted by molar-refractivity contribution is 0.119. The first-order chi connectivity index (χ1) is 5.99. The maximum absolute atomic E-state index is 10.4. The average molecular weight is 190 g/mol. The van der Waals surface area contributed by atoms with Crippen LogP contribution in [0.5, 0.6) is 0 Å². The van der Waals surface area contributed by atoms with Gasteiger partial charge in [-0.25, -0.2) is 14.5 Å². The van der Waals surface area contributed by atoms with Gasteiger partial charge in [0.2, 0.25) is 0 Å². The normalized spacial score (nSPS) is 10.1. The number of nitrogens with zero attached hydrogens (tertiary/aromatic N) is 2. The Hall–Kier alpha value is -1.30. The molecule has 6 heteroatoms. The van der Waals surface area contributed by atoms with Gasteiger partial charge < -0.3 is 15.1 Å². The van der Waals surface area contributed by atoms with E-state index in [1.165, 1.54) is 0 Å². The van der Waals surface area contributed by atoms with E-state index in [2.05, 4.69) is 0 Å². The molecule has 0 atom stereocenters. The molecule has 2 N–H and O–H groups in total. The van der Waals surface area contributed by atoms with E-state index < -0.39 is 12.2 Å². The Morgan fingerprint density at radius 3 is 1.92 bits per heavy atom. The van der Waals surface area contributed by atoms with Gasteiger partial charge in [-0.3, -0.25) is 0 Å². The Labute approximate surface area is 76.4 Å². The maximum atomic E-state index is 10.4. The first-order valence-corrected chi connectivity index (χ1v) is 3.91.